The fourth-order valence-corrected chi connectivity index (χ4v) is 3.18. The SMILES string of the molecule is O=C(NCCCc1ccccc1)c1cc2[nH]c(=O)c3ccccc3n2c1. The summed E-state index contributed by atoms with van der Waals surface area (Å²) in [6, 6.07) is 19.3. The maximum Gasteiger partial charge on any atom is 0.258 e. The molecule has 0 aliphatic heterocycles. The highest BCUT2D eigenvalue weighted by Crippen LogP contribution is 2.14. The number of carbonyl (C=O) groups is 1. The van der Waals surface area contributed by atoms with Gasteiger partial charge in [-0.15, -0.1) is 0 Å². The van der Waals surface area contributed by atoms with E-state index in [0.29, 0.717) is 23.1 Å². The first kappa shape index (κ1) is 16.1. The average Bonchev–Trinajstić information content (AvgIpc) is 3.10. The van der Waals surface area contributed by atoms with Gasteiger partial charge in [0.25, 0.3) is 11.5 Å². The first-order valence-electron chi connectivity index (χ1n) is 8.67. The second kappa shape index (κ2) is 6.88. The van der Waals surface area contributed by atoms with Gasteiger partial charge in [0, 0.05) is 12.7 Å². The van der Waals surface area contributed by atoms with E-state index in [4.69, 9.17) is 0 Å². The molecule has 0 fully saturated rings. The largest absolute Gasteiger partial charge is 0.352 e. The first-order valence-corrected chi connectivity index (χ1v) is 8.67. The Morgan fingerprint density at radius 2 is 1.81 bits per heavy atom. The zero-order chi connectivity index (χ0) is 17.9. The molecule has 0 saturated carbocycles. The van der Waals surface area contributed by atoms with Gasteiger partial charge in [-0.05, 0) is 36.6 Å². The number of aromatic nitrogens is 2. The second-order valence-electron chi connectivity index (χ2n) is 6.30. The van der Waals surface area contributed by atoms with Crippen LogP contribution in [0.4, 0.5) is 0 Å². The summed E-state index contributed by atoms with van der Waals surface area (Å²) in [4.78, 5) is 27.4. The number of nitrogens with one attached hydrogen (secondary N) is 2. The Bertz CT molecular complexity index is 1130. The van der Waals surface area contributed by atoms with Gasteiger partial charge in [0.15, 0.2) is 0 Å². The summed E-state index contributed by atoms with van der Waals surface area (Å²) in [7, 11) is 0. The number of para-hydroxylation sites is 1. The molecule has 1 amide bonds. The molecule has 0 aliphatic rings. The summed E-state index contributed by atoms with van der Waals surface area (Å²) >= 11 is 0. The lowest BCUT2D eigenvalue weighted by molar-refractivity contribution is 0.0953. The van der Waals surface area contributed by atoms with E-state index in [-0.39, 0.29) is 11.5 Å². The van der Waals surface area contributed by atoms with Crippen molar-refractivity contribution in [1.29, 1.82) is 0 Å². The first-order chi connectivity index (χ1) is 12.7. The lowest BCUT2D eigenvalue weighted by atomic mass is 10.1. The van der Waals surface area contributed by atoms with Crippen molar-refractivity contribution in [2.75, 3.05) is 6.54 Å². The van der Waals surface area contributed by atoms with Crippen LogP contribution in [0.15, 0.2) is 71.7 Å². The van der Waals surface area contributed by atoms with Gasteiger partial charge in [-0.1, -0.05) is 42.5 Å². The molecule has 0 atom stereocenters. The molecule has 0 saturated heterocycles. The Morgan fingerprint density at radius 1 is 1.04 bits per heavy atom. The highest BCUT2D eigenvalue weighted by Gasteiger charge is 2.11. The summed E-state index contributed by atoms with van der Waals surface area (Å²) in [5.41, 5.74) is 3.05. The number of hydrogen-bond donors (Lipinski definition) is 2. The Hall–Kier alpha value is -3.34. The van der Waals surface area contributed by atoms with E-state index in [1.54, 1.807) is 18.3 Å². The van der Waals surface area contributed by atoms with Crippen molar-refractivity contribution in [3.05, 3.63) is 88.3 Å². The minimum atomic E-state index is -0.152. The van der Waals surface area contributed by atoms with Crippen molar-refractivity contribution in [1.82, 2.24) is 14.7 Å². The molecule has 2 heterocycles. The van der Waals surface area contributed by atoms with Gasteiger partial charge in [-0.2, -0.15) is 0 Å². The second-order valence-corrected chi connectivity index (χ2v) is 6.30. The molecule has 5 heteroatoms. The third-order valence-electron chi connectivity index (χ3n) is 4.50. The summed E-state index contributed by atoms with van der Waals surface area (Å²) in [5.74, 6) is -0.133. The summed E-state index contributed by atoms with van der Waals surface area (Å²) in [6.07, 6.45) is 3.57. The van der Waals surface area contributed by atoms with Crippen LogP contribution in [0.1, 0.15) is 22.3 Å². The molecule has 0 aliphatic carbocycles. The number of amides is 1. The van der Waals surface area contributed by atoms with Crippen LogP contribution in [0.5, 0.6) is 0 Å². The van der Waals surface area contributed by atoms with Gasteiger partial charge in [0.2, 0.25) is 0 Å². The van der Waals surface area contributed by atoms with E-state index in [1.807, 2.05) is 40.8 Å². The molecule has 130 valence electrons. The number of aromatic amines is 1. The molecule has 26 heavy (non-hydrogen) atoms. The summed E-state index contributed by atoms with van der Waals surface area (Å²) in [6.45, 7) is 0.608. The van der Waals surface area contributed by atoms with Gasteiger partial charge in [-0.3, -0.25) is 9.59 Å². The highest BCUT2D eigenvalue weighted by molar-refractivity contribution is 5.96. The number of nitrogens with zero attached hydrogens (tertiary/aromatic N) is 1. The van der Waals surface area contributed by atoms with Crippen molar-refractivity contribution in [3.8, 4) is 0 Å². The van der Waals surface area contributed by atoms with Crippen LogP contribution in [0, 0.1) is 0 Å². The Balaban J connectivity index is 1.49. The number of rotatable bonds is 5. The molecule has 4 rings (SSSR count). The minimum Gasteiger partial charge on any atom is -0.352 e. The van der Waals surface area contributed by atoms with Crippen LogP contribution in [0.25, 0.3) is 16.6 Å². The number of fused-ring (bicyclic) bond motifs is 3. The Labute approximate surface area is 150 Å². The van der Waals surface area contributed by atoms with Crippen LogP contribution >= 0.6 is 0 Å². The molecule has 4 aromatic rings. The molecular formula is C21H19N3O2. The number of carbonyl (C=O) groups excluding carboxylic acids is 1. The third-order valence-corrected chi connectivity index (χ3v) is 4.50. The van der Waals surface area contributed by atoms with E-state index in [9.17, 15) is 9.59 Å². The number of aryl methyl sites for hydroxylation is 1. The van der Waals surface area contributed by atoms with Gasteiger partial charge >= 0.3 is 0 Å². The van der Waals surface area contributed by atoms with Crippen molar-refractivity contribution < 1.29 is 4.79 Å². The Morgan fingerprint density at radius 3 is 2.65 bits per heavy atom. The van der Waals surface area contributed by atoms with Gasteiger partial charge in [-0.25, -0.2) is 0 Å². The standard InChI is InChI=1S/C21H19N3O2/c25-20(22-12-6-9-15-7-2-1-3-8-15)16-13-19-23-21(26)17-10-4-5-11-18(17)24(19)14-16/h1-5,7-8,10-11,13-14H,6,9,12H2,(H,22,25)(H,23,26). The molecule has 0 bridgehead atoms. The van der Waals surface area contributed by atoms with Crippen LogP contribution in [0.2, 0.25) is 0 Å². The Kier molecular flexibility index (Phi) is 4.27. The maximum atomic E-state index is 12.4. The molecular weight excluding hydrogens is 326 g/mol. The predicted molar refractivity (Wildman–Crippen MR) is 103 cm³/mol. The smallest absolute Gasteiger partial charge is 0.258 e. The quantitative estimate of drug-likeness (QED) is 0.546. The molecule has 0 spiro atoms. The lowest BCUT2D eigenvalue weighted by Crippen LogP contribution is -2.24. The van der Waals surface area contributed by atoms with E-state index in [0.717, 1.165) is 18.4 Å². The van der Waals surface area contributed by atoms with Gasteiger partial charge < -0.3 is 14.7 Å². The number of benzene rings is 2. The van der Waals surface area contributed by atoms with Crippen molar-refractivity contribution in [2.45, 2.75) is 12.8 Å². The van der Waals surface area contributed by atoms with Crippen LogP contribution in [-0.4, -0.2) is 21.8 Å². The monoisotopic (exact) mass is 345 g/mol. The van der Waals surface area contributed by atoms with Crippen LogP contribution in [-0.2, 0) is 6.42 Å². The molecule has 0 unspecified atom stereocenters. The maximum absolute atomic E-state index is 12.4. The van der Waals surface area contributed by atoms with Crippen molar-refractivity contribution >= 4 is 22.5 Å². The molecule has 2 aromatic heterocycles. The van der Waals surface area contributed by atoms with E-state index < -0.39 is 0 Å². The molecule has 0 radical (unpaired) electrons. The normalized spacial score (nSPS) is 11.1. The van der Waals surface area contributed by atoms with Gasteiger partial charge in [0.1, 0.15) is 5.65 Å². The molecule has 2 N–H and O–H groups in total. The van der Waals surface area contributed by atoms with Crippen LogP contribution in [0.3, 0.4) is 0 Å². The van der Waals surface area contributed by atoms with Crippen molar-refractivity contribution in [2.24, 2.45) is 0 Å². The highest BCUT2D eigenvalue weighted by atomic mass is 16.1. The number of H-pyrrole nitrogens is 1. The van der Waals surface area contributed by atoms with Crippen molar-refractivity contribution in [3.63, 3.8) is 0 Å². The summed E-state index contributed by atoms with van der Waals surface area (Å²) < 4.78 is 1.84. The zero-order valence-electron chi connectivity index (χ0n) is 14.2. The fourth-order valence-electron chi connectivity index (χ4n) is 3.18. The average molecular weight is 345 g/mol. The van der Waals surface area contributed by atoms with E-state index in [2.05, 4.69) is 22.4 Å². The number of hydrogen-bond acceptors (Lipinski definition) is 2. The lowest BCUT2D eigenvalue weighted by Gasteiger charge is -2.04. The van der Waals surface area contributed by atoms with E-state index in [1.165, 1.54) is 5.56 Å². The summed E-state index contributed by atoms with van der Waals surface area (Å²) in [5, 5.41) is 3.55. The fraction of sp³-hybridized carbons (Fsp3) is 0.143. The third kappa shape index (κ3) is 3.11. The topological polar surface area (TPSA) is 66.4 Å². The van der Waals surface area contributed by atoms with E-state index >= 15 is 0 Å². The molecule has 2 aromatic carbocycles. The predicted octanol–water partition coefficient (Wildman–Crippen LogP) is 3.14. The molecule has 5 nitrogen and oxygen atoms in total. The van der Waals surface area contributed by atoms with Crippen LogP contribution < -0.4 is 10.9 Å². The minimum absolute atomic E-state index is 0.133. The zero-order valence-corrected chi connectivity index (χ0v) is 14.2. The van der Waals surface area contributed by atoms with Gasteiger partial charge in [0.05, 0.1) is 16.5 Å².